The van der Waals surface area contributed by atoms with Crippen molar-refractivity contribution in [1.82, 2.24) is 14.3 Å². The fraction of sp³-hybridized carbons (Fsp3) is 0.304. The maximum atomic E-state index is 13.0. The molecule has 3 N–H and O–H groups in total. The summed E-state index contributed by atoms with van der Waals surface area (Å²) in [6.45, 7) is 0.286. The Bertz CT molecular complexity index is 1300. The van der Waals surface area contributed by atoms with E-state index in [1.54, 1.807) is 5.38 Å². The summed E-state index contributed by atoms with van der Waals surface area (Å²) >= 11 is 1.24. The van der Waals surface area contributed by atoms with E-state index in [0.29, 0.717) is 17.2 Å². The van der Waals surface area contributed by atoms with Gasteiger partial charge in [-0.2, -0.15) is 0 Å². The Kier molecular flexibility index (Phi) is 9.33. The zero-order valence-electron chi connectivity index (χ0n) is 19.4. The van der Waals surface area contributed by atoms with Gasteiger partial charge in [0.25, 0.3) is 5.91 Å². The lowest BCUT2D eigenvalue weighted by Gasteiger charge is -2.17. The summed E-state index contributed by atoms with van der Waals surface area (Å²) in [5.74, 6) is -2.08. The van der Waals surface area contributed by atoms with Gasteiger partial charge in [-0.25, -0.2) is 13.4 Å². The normalized spacial score (nSPS) is 12.1. The minimum Gasteiger partial charge on any atom is -0.481 e. The molecule has 0 fully saturated rings. The molecule has 0 aliphatic heterocycles. The van der Waals surface area contributed by atoms with E-state index in [1.165, 1.54) is 23.6 Å². The average Bonchev–Trinajstić information content (AvgIpc) is 3.51. The first kappa shape index (κ1) is 27.0. The SMILES string of the molecule is CS(=O)(=O)n1ccc(C(=O)NC(CCOCCCC(=O)O)C(=O)Nc2nc(-c3ccccc3)cs2)c1. The van der Waals surface area contributed by atoms with Crippen LogP contribution >= 0.6 is 11.3 Å². The molecule has 3 rings (SSSR count). The molecule has 13 heteroatoms. The first-order valence-electron chi connectivity index (χ1n) is 10.9. The smallest absolute Gasteiger partial charge is 0.303 e. The number of aliphatic carboxylic acids is 1. The largest absolute Gasteiger partial charge is 0.481 e. The second-order valence-corrected chi connectivity index (χ2v) is 10.6. The summed E-state index contributed by atoms with van der Waals surface area (Å²) < 4.78 is 29.7. The Morgan fingerprint density at radius 2 is 1.92 bits per heavy atom. The topological polar surface area (TPSA) is 157 Å². The monoisotopic (exact) mass is 534 g/mol. The van der Waals surface area contributed by atoms with E-state index in [0.717, 1.165) is 22.0 Å². The third-order valence-corrected chi connectivity index (χ3v) is 6.72. The van der Waals surface area contributed by atoms with Gasteiger partial charge in [-0.05, 0) is 18.9 Å². The van der Waals surface area contributed by atoms with Gasteiger partial charge in [0.05, 0.1) is 17.5 Å². The number of nitrogens with zero attached hydrogens (tertiary/aromatic N) is 2. The van der Waals surface area contributed by atoms with Crippen molar-refractivity contribution >= 4 is 44.3 Å². The molecule has 0 radical (unpaired) electrons. The number of rotatable bonds is 13. The molecule has 0 saturated heterocycles. The molecule has 1 aromatic carbocycles. The summed E-state index contributed by atoms with van der Waals surface area (Å²) in [5, 5.41) is 16.2. The molecule has 2 heterocycles. The number of nitrogens with one attached hydrogen (secondary N) is 2. The van der Waals surface area contributed by atoms with E-state index < -0.39 is 33.8 Å². The maximum Gasteiger partial charge on any atom is 0.303 e. The molecular weight excluding hydrogens is 508 g/mol. The molecule has 1 unspecified atom stereocenters. The van der Waals surface area contributed by atoms with Gasteiger partial charge in [-0.1, -0.05) is 30.3 Å². The third-order valence-electron chi connectivity index (χ3n) is 4.97. The van der Waals surface area contributed by atoms with Crippen LogP contribution in [-0.4, -0.2) is 65.8 Å². The summed E-state index contributed by atoms with van der Waals surface area (Å²) in [6.07, 6.45) is 3.80. The van der Waals surface area contributed by atoms with Gasteiger partial charge in [-0.15, -0.1) is 11.3 Å². The van der Waals surface area contributed by atoms with E-state index in [9.17, 15) is 22.8 Å². The Balaban J connectivity index is 1.66. The van der Waals surface area contributed by atoms with Crippen LogP contribution in [0.2, 0.25) is 0 Å². The quantitative estimate of drug-likeness (QED) is 0.282. The number of carboxylic acids is 1. The summed E-state index contributed by atoms with van der Waals surface area (Å²) in [6, 6.07) is 9.77. The van der Waals surface area contributed by atoms with Crippen LogP contribution in [0.25, 0.3) is 11.3 Å². The zero-order valence-corrected chi connectivity index (χ0v) is 21.0. The van der Waals surface area contributed by atoms with Crippen LogP contribution in [0, 0.1) is 0 Å². The van der Waals surface area contributed by atoms with Crippen molar-refractivity contribution in [3.05, 3.63) is 59.7 Å². The second kappa shape index (κ2) is 12.4. The van der Waals surface area contributed by atoms with Crippen molar-refractivity contribution in [2.24, 2.45) is 0 Å². The van der Waals surface area contributed by atoms with Crippen molar-refractivity contribution in [2.75, 3.05) is 24.8 Å². The molecule has 0 aliphatic rings. The van der Waals surface area contributed by atoms with Crippen molar-refractivity contribution in [3.8, 4) is 11.3 Å². The maximum absolute atomic E-state index is 13.0. The zero-order chi connectivity index (χ0) is 26.1. The molecule has 36 heavy (non-hydrogen) atoms. The van der Waals surface area contributed by atoms with Crippen molar-refractivity contribution < 1.29 is 32.6 Å². The van der Waals surface area contributed by atoms with Crippen LogP contribution in [0.1, 0.15) is 29.6 Å². The average molecular weight is 535 g/mol. The molecule has 0 spiro atoms. The highest BCUT2D eigenvalue weighted by Crippen LogP contribution is 2.24. The Hall–Kier alpha value is -3.55. The number of aromatic nitrogens is 2. The fourth-order valence-electron chi connectivity index (χ4n) is 3.12. The van der Waals surface area contributed by atoms with Gasteiger partial charge >= 0.3 is 5.97 Å². The van der Waals surface area contributed by atoms with Crippen LogP contribution in [0.15, 0.2) is 54.2 Å². The van der Waals surface area contributed by atoms with E-state index in [2.05, 4.69) is 15.6 Å². The Morgan fingerprint density at radius 1 is 1.17 bits per heavy atom. The van der Waals surface area contributed by atoms with Gasteiger partial charge in [0.15, 0.2) is 5.13 Å². The molecule has 0 bridgehead atoms. The lowest BCUT2D eigenvalue weighted by molar-refractivity contribution is -0.137. The van der Waals surface area contributed by atoms with Crippen molar-refractivity contribution in [1.29, 1.82) is 0 Å². The molecule has 2 aromatic heterocycles. The number of hydrogen-bond donors (Lipinski definition) is 3. The minimum absolute atomic E-state index is 0.0359. The molecule has 2 amide bonds. The van der Waals surface area contributed by atoms with Gasteiger partial charge in [-0.3, -0.25) is 18.4 Å². The number of anilines is 1. The Labute approximate surface area is 212 Å². The third kappa shape index (κ3) is 8.00. The molecule has 192 valence electrons. The Morgan fingerprint density at radius 3 is 2.58 bits per heavy atom. The molecule has 0 aliphatic carbocycles. The fourth-order valence-corrected chi connectivity index (χ4v) is 4.43. The van der Waals surface area contributed by atoms with E-state index >= 15 is 0 Å². The lowest BCUT2D eigenvalue weighted by Crippen LogP contribution is -2.44. The number of amides is 2. The predicted octanol–water partition coefficient (Wildman–Crippen LogP) is 2.43. The van der Waals surface area contributed by atoms with Gasteiger partial charge in [0, 0.05) is 43.0 Å². The number of ether oxygens (including phenoxy) is 1. The van der Waals surface area contributed by atoms with Crippen molar-refractivity contribution in [2.45, 2.75) is 25.3 Å². The first-order valence-corrected chi connectivity index (χ1v) is 13.7. The van der Waals surface area contributed by atoms with Crippen LogP contribution < -0.4 is 10.6 Å². The van der Waals surface area contributed by atoms with Crippen LogP contribution in [-0.2, 0) is 24.3 Å². The highest BCUT2D eigenvalue weighted by molar-refractivity contribution is 7.89. The number of hydrogen-bond acceptors (Lipinski definition) is 8. The van der Waals surface area contributed by atoms with E-state index in [1.807, 2.05) is 30.3 Å². The number of carboxylic acid groups (broad SMARTS) is 1. The number of benzene rings is 1. The van der Waals surface area contributed by atoms with Crippen LogP contribution in [0.3, 0.4) is 0 Å². The summed E-state index contributed by atoms with van der Waals surface area (Å²) in [4.78, 5) is 40.8. The highest BCUT2D eigenvalue weighted by Gasteiger charge is 2.23. The minimum atomic E-state index is -3.56. The summed E-state index contributed by atoms with van der Waals surface area (Å²) in [7, 11) is -3.56. The molecule has 11 nitrogen and oxygen atoms in total. The molecular formula is C23H26N4O7S2. The van der Waals surface area contributed by atoms with Crippen LogP contribution in [0.4, 0.5) is 5.13 Å². The molecule has 1 atom stereocenters. The van der Waals surface area contributed by atoms with Gasteiger partial charge in [0.2, 0.25) is 15.9 Å². The van der Waals surface area contributed by atoms with Crippen LogP contribution in [0.5, 0.6) is 0 Å². The molecule has 3 aromatic rings. The van der Waals surface area contributed by atoms with E-state index in [-0.39, 0.29) is 31.6 Å². The molecule has 0 saturated carbocycles. The highest BCUT2D eigenvalue weighted by atomic mass is 32.2. The van der Waals surface area contributed by atoms with Gasteiger partial charge < -0.3 is 20.5 Å². The first-order chi connectivity index (χ1) is 17.1. The standard InChI is InChI=1S/C23H26N4O7S2/c1-36(32,33)27-11-9-17(14-27)21(30)24-18(10-13-34-12-5-8-20(28)29)22(31)26-23-25-19(15-35-23)16-6-3-2-4-7-16/h2-4,6-7,9,11,14-15,18H,5,8,10,12-13H2,1H3,(H,24,30)(H,28,29)(H,25,26,31). The number of carbonyl (C=O) groups is 3. The number of carbonyl (C=O) groups excluding carboxylic acids is 2. The summed E-state index contributed by atoms with van der Waals surface area (Å²) in [5.41, 5.74) is 1.66. The number of thiazole rings is 1. The van der Waals surface area contributed by atoms with Crippen molar-refractivity contribution in [3.63, 3.8) is 0 Å². The lowest BCUT2D eigenvalue weighted by atomic mass is 10.2. The second-order valence-electron chi connectivity index (χ2n) is 7.81. The van der Waals surface area contributed by atoms with Gasteiger partial charge in [0.1, 0.15) is 6.04 Å². The van der Waals surface area contributed by atoms with E-state index in [4.69, 9.17) is 9.84 Å². The predicted molar refractivity (Wildman–Crippen MR) is 134 cm³/mol.